The normalized spacial score (nSPS) is 12.7. The highest BCUT2D eigenvalue weighted by Gasteiger charge is 2.23. The van der Waals surface area contributed by atoms with Crippen molar-refractivity contribution in [2.75, 3.05) is 13.9 Å². The van der Waals surface area contributed by atoms with Gasteiger partial charge < -0.3 is 23.3 Å². The third-order valence-electron chi connectivity index (χ3n) is 4.69. The van der Waals surface area contributed by atoms with E-state index in [-0.39, 0.29) is 6.79 Å². The number of aromatic nitrogens is 2. The number of nitrogens with zero attached hydrogens (tertiary/aromatic N) is 2. The fraction of sp³-hybridized carbons (Fsp3) is 0.150. The van der Waals surface area contributed by atoms with Gasteiger partial charge in [-0.25, -0.2) is 0 Å². The van der Waals surface area contributed by atoms with Crippen LogP contribution in [0.5, 0.6) is 17.2 Å². The minimum atomic E-state index is 0.184. The number of benzene rings is 2. The molecule has 2 aromatic heterocycles. The topological polar surface area (TPSA) is 58.7 Å². The lowest BCUT2D eigenvalue weighted by Crippen LogP contribution is -1.93. The predicted octanol–water partition coefficient (Wildman–Crippen LogP) is 4.24. The van der Waals surface area contributed by atoms with Gasteiger partial charge in [0.15, 0.2) is 17.3 Å². The summed E-state index contributed by atoms with van der Waals surface area (Å²) in [4.78, 5) is 0. The number of methoxy groups -OCH3 is 1. The van der Waals surface area contributed by atoms with Crippen molar-refractivity contribution in [3.05, 3.63) is 48.8 Å². The molecule has 6 heteroatoms. The molecule has 0 amide bonds. The van der Waals surface area contributed by atoms with Crippen LogP contribution in [0, 0.1) is 0 Å². The lowest BCUT2D eigenvalue weighted by molar-refractivity contribution is 0.171. The highest BCUT2D eigenvalue weighted by Crippen LogP contribution is 2.45. The summed E-state index contributed by atoms with van der Waals surface area (Å²) in [6, 6.07) is 12.2. The molecule has 26 heavy (non-hydrogen) atoms. The van der Waals surface area contributed by atoms with Gasteiger partial charge in [0.25, 0.3) is 0 Å². The number of aryl methyl sites for hydroxylation is 1. The Hall–Kier alpha value is -3.41. The SMILES string of the molecule is COc1cc(-c2oncc2-c2ccc3c(ccn3C)c2)cc2c1OCO2. The molecule has 0 saturated heterocycles. The highest BCUT2D eigenvalue weighted by molar-refractivity contribution is 5.89. The fourth-order valence-electron chi connectivity index (χ4n) is 3.36. The summed E-state index contributed by atoms with van der Waals surface area (Å²) in [6.07, 6.45) is 3.78. The molecule has 0 aliphatic carbocycles. The van der Waals surface area contributed by atoms with E-state index in [4.69, 9.17) is 18.7 Å². The monoisotopic (exact) mass is 348 g/mol. The maximum Gasteiger partial charge on any atom is 0.231 e. The Morgan fingerprint density at radius 2 is 2.00 bits per heavy atom. The van der Waals surface area contributed by atoms with Gasteiger partial charge in [-0.1, -0.05) is 11.2 Å². The van der Waals surface area contributed by atoms with E-state index in [1.165, 1.54) is 10.9 Å². The van der Waals surface area contributed by atoms with E-state index in [2.05, 4.69) is 34.0 Å². The first-order valence-corrected chi connectivity index (χ1v) is 8.23. The summed E-state index contributed by atoms with van der Waals surface area (Å²) in [5.41, 5.74) is 3.96. The molecule has 0 spiro atoms. The molecule has 4 aromatic rings. The summed E-state index contributed by atoms with van der Waals surface area (Å²) in [7, 11) is 3.64. The van der Waals surface area contributed by atoms with Crippen molar-refractivity contribution in [1.29, 1.82) is 0 Å². The van der Waals surface area contributed by atoms with Gasteiger partial charge in [-0.2, -0.15) is 0 Å². The van der Waals surface area contributed by atoms with Gasteiger partial charge in [0.2, 0.25) is 12.5 Å². The Bertz CT molecular complexity index is 1130. The molecule has 5 rings (SSSR count). The van der Waals surface area contributed by atoms with Crippen molar-refractivity contribution in [2.45, 2.75) is 0 Å². The minimum absolute atomic E-state index is 0.184. The summed E-state index contributed by atoms with van der Waals surface area (Å²) in [6.45, 7) is 0.184. The number of rotatable bonds is 3. The second kappa shape index (κ2) is 5.56. The quantitative estimate of drug-likeness (QED) is 0.554. The van der Waals surface area contributed by atoms with Crippen LogP contribution < -0.4 is 14.2 Å². The summed E-state index contributed by atoms with van der Waals surface area (Å²) in [5.74, 6) is 2.52. The largest absolute Gasteiger partial charge is 0.493 e. The number of ether oxygens (including phenoxy) is 3. The maximum absolute atomic E-state index is 5.57. The van der Waals surface area contributed by atoms with Crippen LogP contribution in [0.4, 0.5) is 0 Å². The van der Waals surface area contributed by atoms with Gasteiger partial charge in [0, 0.05) is 35.3 Å². The number of hydrogen-bond acceptors (Lipinski definition) is 5. The predicted molar refractivity (Wildman–Crippen MR) is 96.5 cm³/mol. The molecular formula is C20H16N2O4. The van der Waals surface area contributed by atoms with E-state index in [0.29, 0.717) is 23.0 Å². The van der Waals surface area contributed by atoms with Crippen molar-refractivity contribution >= 4 is 10.9 Å². The molecule has 0 unspecified atom stereocenters. The molecule has 1 aliphatic rings. The average Bonchev–Trinajstić information content (AvgIpc) is 3.40. The molecular weight excluding hydrogens is 332 g/mol. The first kappa shape index (κ1) is 14.9. The molecule has 1 aliphatic heterocycles. The van der Waals surface area contributed by atoms with Gasteiger partial charge in [0.1, 0.15) is 0 Å². The molecule has 0 saturated carbocycles. The van der Waals surface area contributed by atoms with Crippen LogP contribution in [0.2, 0.25) is 0 Å². The fourth-order valence-corrected chi connectivity index (χ4v) is 3.36. The summed E-state index contributed by atoms with van der Waals surface area (Å²) >= 11 is 0. The van der Waals surface area contributed by atoms with E-state index in [1.54, 1.807) is 13.3 Å². The Morgan fingerprint density at radius 3 is 2.88 bits per heavy atom. The van der Waals surface area contributed by atoms with E-state index in [0.717, 1.165) is 16.7 Å². The molecule has 3 heterocycles. The van der Waals surface area contributed by atoms with Gasteiger partial charge in [-0.05, 0) is 35.9 Å². The zero-order valence-electron chi connectivity index (χ0n) is 14.4. The average molecular weight is 348 g/mol. The standard InChI is InChI=1S/C20H16N2O4/c1-22-6-5-13-7-12(3-4-16(13)22)15-10-21-26-19(15)14-8-17(23-2)20-18(9-14)24-11-25-20/h3-10H,11H2,1-2H3. The van der Waals surface area contributed by atoms with Crippen molar-refractivity contribution < 1.29 is 18.7 Å². The van der Waals surface area contributed by atoms with Crippen LogP contribution >= 0.6 is 0 Å². The van der Waals surface area contributed by atoms with Crippen molar-refractivity contribution in [1.82, 2.24) is 9.72 Å². The zero-order chi connectivity index (χ0) is 17.7. The van der Waals surface area contributed by atoms with Crippen LogP contribution in [0.15, 0.2) is 53.3 Å². The van der Waals surface area contributed by atoms with Crippen molar-refractivity contribution in [3.8, 4) is 39.7 Å². The molecule has 0 N–H and O–H groups in total. The summed E-state index contributed by atoms with van der Waals surface area (Å²) < 4.78 is 24.1. The highest BCUT2D eigenvalue weighted by atomic mass is 16.7. The Kier molecular flexibility index (Phi) is 3.18. The van der Waals surface area contributed by atoms with Gasteiger partial charge in [0.05, 0.1) is 13.3 Å². The van der Waals surface area contributed by atoms with E-state index >= 15 is 0 Å². The number of hydrogen-bond donors (Lipinski definition) is 0. The molecule has 130 valence electrons. The Labute approximate surface area is 149 Å². The molecule has 2 aromatic carbocycles. The van der Waals surface area contributed by atoms with Crippen LogP contribution in [0.25, 0.3) is 33.4 Å². The van der Waals surface area contributed by atoms with Crippen LogP contribution in [-0.4, -0.2) is 23.6 Å². The van der Waals surface area contributed by atoms with Gasteiger partial charge in [-0.15, -0.1) is 0 Å². The smallest absolute Gasteiger partial charge is 0.231 e. The van der Waals surface area contributed by atoms with Crippen LogP contribution in [-0.2, 0) is 7.05 Å². The van der Waals surface area contributed by atoms with Gasteiger partial charge >= 0.3 is 0 Å². The molecule has 0 atom stereocenters. The van der Waals surface area contributed by atoms with Crippen molar-refractivity contribution in [2.24, 2.45) is 7.05 Å². The van der Waals surface area contributed by atoms with Crippen LogP contribution in [0.1, 0.15) is 0 Å². The Morgan fingerprint density at radius 1 is 1.08 bits per heavy atom. The van der Waals surface area contributed by atoms with E-state index in [9.17, 15) is 0 Å². The maximum atomic E-state index is 5.57. The van der Waals surface area contributed by atoms with Crippen molar-refractivity contribution in [3.63, 3.8) is 0 Å². The molecule has 6 nitrogen and oxygen atoms in total. The third kappa shape index (κ3) is 2.15. The molecule has 0 bridgehead atoms. The first-order chi connectivity index (χ1) is 12.7. The van der Waals surface area contributed by atoms with Crippen LogP contribution in [0.3, 0.4) is 0 Å². The second-order valence-corrected chi connectivity index (χ2v) is 6.18. The Balaban J connectivity index is 1.65. The second-order valence-electron chi connectivity index (χ2n) is 6.18. The number of fused-ring (bicyclic) bond motifs is 2. The molecule has 0 fully saturated rings. The van der Waals surface area contributed by atoms with E-state index in [1.807, 2.05) is 25.4 Å². The van der Waals surface area contributed by atoms with E-state index < -0.39 is 0 Å². The zero-order valence-corrected chi connectivity index (χ0v) is 14.4. The lowest BCUT2D eigenvalue weighted by Gasteiger charge is -2.08. The van der Waals surface area contributed by atoms with Gasteiger partial charge in [-0.3, -0.25) is 0 Å². The first-order valence-electron chi connectivity index (χ1n) is 8.23. The lowest BCUT2D eigenvalue weighted by atomic mass is 10.0. The summed E-state index contributed by atoms with van der Waals surface area (Å²) in [5, 5.41) is 5.18. The molecule has 0 radical (unpaired) electrons. The third-order valence-corrected chi connectivity index (χ3v) is 4.69. The minimum Gasteiger partial charge on any atom is -0.493 e.